The van der Waals surface area contributed by atoms with Crippen LogP contribution in [0.25, 0.3) is 0 Å². The number of hydrogen-bond donors (Lipinski definition) is 0. The lowest BCUT2D eigenvalue weighted by Gasteiger charge is -2.16. The second-order valence-electron chi connectivity index (χ2n) is 2.25. The standard InChI is InChI=1S/C6H7N3O3S/c1-9-4-5(3-7)6(12-2)8-13(9,10)11/h4H,1-2H3. The fraction of sp³-hybridized carbons (Fsp3) is 0.333. The first-order valence-corrected chi connectivity index (χ1v) is 4.65. The Bertz CT molecular complexity index is 415. The van der Waals surface area contributed by atoms with Gasteiger partial charge in [-0.05, 0) is 0 Å². The minimum Gasteiger partial charge on any atom is -0.479 e. The molecule has 0 spiro atoms. The molecule has 1 heterocycles. The Morgan fingerprint density at radius 2 is 2.31 bits per heavy atom. The van der Waals surface area contributed by atoms with E-state index in [4.69, 9.17) is 5.26 Å². The third kappa shape index (κ3) is 1.62. The van der Waals surface area contributed by atoms with Crippen molar-refractivity contribution in [3.05, 3.63) is 11.8 Å². The second kappa shape index (κ2) is 3.06. The highest BCUT2D eigenvalue weighted by atomic mass is 32.2. The van der Waals surface area contributed by atoms with Crippen LogP contribution in [0, 0.1) is 11.3 Å². The molecule has 0 unspecified atom stereocenters. The molecule has 0 aliphatic carbocycles. The van der Waals surface area contributed by atoms with Gasteiger partial charge in [-0.1, -0.05) is 0 Å². The van der Waals surface area contributed by atoms with Crippen LogP contribution in [0.2, 0.25) is 0 Å². The molecule has 13 heavy (non-hydrogen) atoms. The number of nitrogens with zero attached hydrogens (tertiary/aromatic N) is 3. The van der Waals surface area contributed by atoms with Crippen LogP contribution in [0.4, 0.5) is 0 Å². The predicted octanol–water partition coefficient (Wildman–Crippen LogP) is -0.371. The molecule has 70 valence electrons. The van der Waals surface area contributed by atoms with E-state index in [1.165, 1.54) is 14.2 Å². The van der Waals surface area contributed by atoms with Gasteiger partial charge in [0.2, 0.25) is 5.90 Å². The summed E-state index contributed by atoms with van der Waals surface area (Å²) >= 11 is 0. The molecule has 0 fully saturated rings. The van der Waals surface area contributed by atoms with Gasteiger partial charge in [0.25, 0.3) is 0 Å². The fourth-order valence-electron chi connectivity index (χ4n) is 0.746. The summed E-state index contributed by atoms with van der Waals surface area (Å²) in [5.74, 6) is -0.180. The van der Waals surface area contributed by atoms with Crippen molar-refractivity contribution in [3.8, 4) is 6.07 Å². The molecule has 0 saturated heterocycles. The molecule has 1 rings (SSSR count). The minimum absolute atomic E-state index is 0.0832. The summed E-state index contributed by atoms with van der Waals surface area (Å²) in [5, 5.41) is 8.58. The van der Waals surface area contributed by atoms with Gasteiger partial charge >= 0.3 is 10.2 Å². The molecule has 0 atom stereocenters. The molecule has 0 radical (unpaired) electrons. The second-order valence-corrected chi connectivity index (χ2v) is 3.90. The number of methoxy groups -OCH3 is 1. The maximum absolute atomic E-state index is 11.1. The van der Waals surface area contributed by atoms with E-state index in [2.05, 4.69) is 9.13 Å². The van der Waals surface area contributed by atoms with Gasteiger partial charge in [-0.25, -0.2) is 0 Å². The highest BCUT2D eigenvalue weighted by Crippen LogP contribution is 2.13. The Hall–Kier alpha value is -1.55. The number of ether oxygens (including phenoxy) is 1. The Labute approximate surface area is 75.9 Å². The van der Waals surface area contributed by atoms with E-state index in [1.54, 1.807) is 6.07 Å². The summed E-state index contributed by atoms with van der Waals surface area (Å²) in [5.41, 5.74) is 0.0832. The van der Waals surface area contributed by atoms with Crippen LogP contribution in [-0.2, 0) is 14.9 Å². The third-order valence-electron chi connectivity index (χ3n) is 1.42. The average Bonchev–Trinajstić information content (AvgIpc) is 2.08. The van der Waals surface area contributed by atoms with Gasteiger partial charge in [0.1, 0.15) is 11.6 Å². The molecule has 0 aromatic carbocycles. The first-order valence-electron chi connectivity index (χ1n) is 3.25. The number of hydrogen-bond acceptors (Lipinski definition) is 4. The lowest BCUT2D eigenvalue weighted by Crippen LogP contribution is -2.27. The maximum Gasteiger partial charge on any atom is 0.347 e. The molecule has 7 heteroatoms. The van der Waals surface area contributed by atoms with Gasteiger partial charge in [0.15, 0.2) is 0 Å². The summed E-state index contributed by atoms with van der Waals surface area (Å²) < 4.78 is 31.0. The zero-order valence-electron chi connectivity index (χ0n) is 7.05. The van der Waals surface area contributed by atoms with Gasteiger partial charge in [-0.15, -0.1) is 4.40 Å². The Kier molecular flexibility index (Phi) is 2.25. The van der Waals surface area contributed by atoms with Crippen molar-refractivity contribution >= 4 is 16.1 Å². The van der Waals surface area contributed by atoms with Crippen molar-refractivity contribution in [2.24, 2.45) is 4.40 Å². The van der Waals surface area contributed by atoms with E-state index in [0.717, 1.165) is 10.5 Å². The smallest absolute Gasteiger partial charge is 0.347 e. The van der Waals surface area contributed by atoms with Crippen molar-refractivity contribution in [3.63, 3.8) is 0 Å². The predicted molar refractivity (Wildman–Crippen MR) is 44.8 cm³/mol. The van der Waals surface area contributed by atoms with Crippen molar-refractivity contribution in [2.75, 3.05) is 14.2 Å². The van der Waals surface area contributed by atoms with Gasteiger partial charge in [-0.3, -0.25) is 4.31 Å². The van der Waals surface area contributed by atoms with Crippen LogP contribution in [0.15, 0.2) is 16.2 Å². The van der Waals surface area contributed by atoms with Crippen molar-refractivity contribution in [2.45, 2.75) is 0 Å². The maximum atomic E-state index is 11.1. The fourth-order valence-corrected chi connectivity index (χ4v) is 1.50. The summed E-state index contributed by atoms with van der Waals surface area (Å²) in [4.78, 5) is 0. The molecule has 0 amide bonds. The van der Waals surface area contributed by atoms with Gasteiger partial charge in [-0.2, -0.15) is 13.7 Å². The van der Waals surface area contributed by atoms with Crippen LogP contribution in [0.5, 0.6) is 0 Å². The molecule has 0 aromatic rings. The molecule has 1 aliphatic heterocycles. The number of rotatable bonds is 0. The molecule has 0 saturated carbocycles. The van der Waals surface area contributed by atoms with Crippen LogP contribution in [-0.4, -0.2) is 32.8 Å². The van der Waals surface area contributed by atoms with Crippen molar-refractivity contribution in [1.29, 1.82) is 5.26 Å². The first-order chi connectivity index (χ1) is 6.01. The van der Waals surface area contributed by atoms with Gasteiger partial charge < -0.3 is 4.74 Å². The molecular weight excluding hydrogens is 194 g/mol. The zero-order valence-corrected chi connectivity index (χ0v) is 7.87. The minimum atomic E-state index is -3.70. The zero-order chi connectivity index (χ0) is 10.1. The lowest BCUT2D eigenvalue weighted by molar-refractivity contribution is 0.402. The molecule has 1 aliphatic rings. The normalized spacial score (nSPS) is 19.9. The van der Waals surface area contributed by atoms with E-state index in [-0.39, 0.29) is 11.5 Å². The van der Waals surface area contributed by atoms with Crippen LogP contribution in [0.1, 0.15) is 0 Å². The van der Waals surface area contributed by atoms with E-state index in [9.17, 15) is 8.42 Å². The molecule has 0 N–H and O–H groups in total. The SMILES string of the molecule is COC1=NS(=O)(=O)N(C)C=C1C#N. The van der Waals surface area contributed by atoms with E-state index < -0.39 is 10.2 Å². The van der Waals surface area contributed by atoms with E-state index in [1.807, 2.05) is 0 Å². The van der Waals surface area contributed by atoms with Crippen LogP contribution >= 0.6 is 0 Å². The molecule has 6 nitrogen and oxygen atoms in total. The topological polar surface area (TPSA) is 82.8 Å². The van der Waals surface area contributed by atoms with Gasteiger partial charge in [0, 0.05) is 13.2 Å². The molecule has 0 aromatic heterocycles. The third-order valence-corrected chi connectivity index (χ3v) is 2.65. The summed E-state index contributed by atoms with van der Waals surface area (Å²) in [6.45, 7) is 0. The van der Waals surface area contributed by atoms with Crippen LogP contribution < -0.4 is 0 Å². The average molecular weight is 201 g/mol. The highest BCUT2D eigenvalue weighted by Gasteiger charge is 2.24. The Morgan fingerprint density at radius 1 is 1.69 bits per heavy atom. The Balaban J connectivity index is 3.24. The lowest BCUT2D eigenvalue weighted by atomic mass is 10.3. The van der Waals surface area contributed by atoms with Crippen molar-refractivity contribution < 1.29 is 13.2 Å². The highest BCUT2D eigenvalue weighted by molar-refractivity contribution is 7.88. The van der Waals surface area contributed by atoms with Crippen molar-refractivity contribution in [1.82, 2.24) is 4.31 Å². The van der Waals surface area contributed by atoms with E-state index >= 15 is 0 Å². The summed E-state index contributed by atoms with van der Waals surface area (Å²) in [7, 11) is -1.15. The Morgan fingerprint density at radius 3 is 2.77 bits per heavy atom. The quantitative estimate of drug-likeness (QED) is 0.535. The molecule has 0 bridgehead atoms. The summed E-state index contributed by atoms with van der Waals surface area (Å²) in [6, 6.07) is 1.77. The number of nitriles is 1. The monoisotopic (exact) mass is 201 g/mol. The largest absolute Gasteiger partial charge is 0.479 e. The van der Waals surface area contributed by atoms with Gasteiger partial charge in [0.05, 0.1) is 7.11 Å². The van der Waals surface area contributed by atoms with E-state index in [0.29, 0.717) is 0 Å². The summed E-state index contributed by atoms with van der Waals surface area (Å²) in [6.07, 6.45) is 1.15. The first kappa shape index (κ1) is 9.54. The van der Waals surface area contributed by atoms with Crippen LogP contribution in [0.3, 0.4) is 0 Å². The molecular formula is C6H7N3O3S.